The molecule has 0 unspecified atom stereocenters. The second kappa shape index (κ2) is 15.9. The van der Waals surface area contributed by atoms with Crippen molar-refractivity contribution >= 4 is 45.5 Å². The minimum atomic E-state index is 0. The molecular weight excluding hydrogens is 236 g/mol. The second-order valence-corrected chi connectivity index (χ2v) is 3.31. The smallest absolute Gasteiger partial charge is 0.342 e. The van der Waals surface area contributed by atoms with Gasteiger partial charge in [0.25, 0.3) is 0 Å². The maximum atomic E-state index is 3.68. The van der Waals surface area contributed by atoms with Gasteiger partial charge in [-0.25, -0.2) is 0 Å². The Hall–Kier alpha value is 1.40. The van der Waals surface area contributed by atoms with E-state index in [0.29, 0.717) is 0 Å². The summed E-state index contributed by atoms with van der Waals surface area (Å²) in [5.74, 6) is 0. The van der Waals surface area contributed by atoms with E-state index in [0.717, 1.165) is 25.9 Å². The fourth-order valence-electron chi connectivity index (χ4n) is 0.632. The topological polar surface area (TPSA) is 6.48 Å². The summed E-state index contributed by atoms with van der Waals surface area (Å²) < 4.78 is 0. The normalized spacial score (nSPS) is 9.23. The van der Waals surface area contributed by atoms with Gasteiger partial charge < -0.3 is 23.6 Å². The van der Waals surface area contributed by atoms with Gasteiger partial charge in [-0.15, -0.1) is 0 Å². The molecule has 0 saturated heterocycles. The molecule has 0 N–H and O–H groups in total. The van der Waals surface area contributed by atoms with Gasteiger partial charge in [-0.3, -0.25) is 0 Å². The fraction of sp³-hybridized carbons (Fsp3) is 0.800. The molecule has 2 nitrogen and oxygen atoms in total. The van der Waals surface area contributed by atoms with Crippen LogP contribution < -0.4 is 0 Å². The summed E-state index contributed by atoms with van der Waals surface area (Å²) in [4.78, 5) is 4.24. The van der Waals surface area contributed by atoms with Crippen molar-refractivity contribution in [2.75, 3.05) is 41.3 Å². The molecule has 0 saturated carbocycles. The van der Waals surface area contributed by atoms with E-state index in [1.54, 1.807) is 0 Å². The van der Waals surface area contributed by atoms with E-state index in [4.69, 9.17) is 0 Å². The van der Waals surface area contributed by atoms with Crippen molar-refractivity contribution in [2.24, 2.45) is 0 Å². The third-order valence-electron chi connectivity index (χ3n) is 1.21. The van der Waals surface area contributed by atoms with Gasteiger partial charge in [0.15, 0.2) is 0 Å². The third-order valence-corrected chi connectivity index (χ3v) is 1.21. The van der Waals surface area contributed by atoms with Crippen LogP contribution in [0.2, 0.25) is 0 Å². The van der Waals surface area contributed by atoms with Crippen molar-refractivity contribution in [3.05, 3.63) is 13.8 Å². The molecule has 0 aromatic heterocycles. The van der Waals surface area contributed by atoms with Crippen molar-refractivity contribution in [3.63, 3.8) is 0 Å². The van der Waals surface area contributed by atoms with Crippen LogP contribution in [0.3, 0.4) is 0 Å². The molecule has 0 aromatic rings. The molecule has 0 heterocycles. The Kier molecular flexibility index (Phi) is 24.3. The van der Waals surface area contributed by atoms with E-state index in [1.807, 2.05) is 28.2 Å². The molecule has 0 aliphatic carbocycles. The summed E-state index contributed by atoms with van der Waals surface area (Å²) in [5.41, 5.74) is 0. The van der Waals surface area contributed by atoms with Crippen LogP contribution in [0.5, 0.6) is 0 Å². The molecule has 3 heteroatoms. The Labute approximate surface area is 122 Å². The standard InChI is InChI=1S/2C5H12N.Sr/c2*1-4-5-6(2)3;/h2*1,4-5H2,2-3H3;/q2*-1;+2. The zero-order valence-electron chi connectivity index (χ0n) is 9.84. The molecule has 0 aromatic carbocycles. The van der Waals surface area contributed by atoms with Crippen molar-refractivity contribution in [1.82, 2.24) is 9.80 Å². The van der Waals surface area contributed by atoms with Crippen LogP contribution in [-0.4, -0.2) is 96.6 Å². The van der Waals surface area contributed by atoms with Crippen LogP contribution in [0, 0.1) is 13.8 Å². The quantitative estimate of drug-likeness (QED) is 0.553. The summed E-state index contributed by atoms with van der Waals surface area (Å²) >= 11 is 0. The maximum absolute atomic E-state index is 3.68. The molecule has 0 rings (SSSR count). The van der Waals surface area contributed by atoms with Crippen LogP contribution in [0.15, 0.2) is 0 Å². The fourth-order valence-corrected chi connectivity index (χ4v) is 0.632. The molecule has 0 aliphatic rings. The molecular formula is C10H24N2Sr. The second-order valence-electron chi connectivity index (χ2n) is 3.31. The van der Waals surface area contributed by atoms with Crippen LogP contribution in [0.25, 0.3) is 0 Å². The van der Waals surface area contributed by atoms with Gasteiger partial charge >= 0.3 is 45.5 Å². The SMILES string of the molecule is [CH2-]CCN(C)C.[CH2-]CCN(C)C.[Sr+2]. The van der Waals surface area contributed by atoms with Crippen molar-refractivity contribution < 1.29 is 0 Å². The van der Waals surface area contributed by atoms with E-state index in [9.17, 15) is 0 Å². The summed E-state index contributed by atoms with van der Waals surface area (Å²) in [6.07, 6.45) is 2.01. The van der Waals surface area contributed by atoms with Gasteiger partial charge in [0.1, 0.15) is 0 Å². The van der Waals surface area contributed by atoms with Crippen molar-refractivity contribution in [3.8, 4) is 0 Å². The largest absolute Gasteiger partial charge is 2.00 e. The van der Waals surface area contributed by atoms with Gasteiger partial charge in [-0.1, -0.05) is 0 Å². The van der Waals surface area contributed by atoms with Crippen molar-refractivity contribution in [2.45, 2.75) is 12.8 Å². The van der Waals surface area contributed by atoms with Crippen LogP contribution in [0.1, 0.15) is 12.8 Å². The van der Waals surface area contributed by atoms with Crippen LogP contribution in [0.4, 0.5) is 0 Å². The number of nitrogens with zero attached hydrogens (tertiary/aromatic N) is 2. The minimum absolute atomic E-state index is 0. The average Bonchev–Trinajstić information content (AvgIpc) is 1.87. The van der Waals surface area contributed by atoms with E-state index < -0.39 is 0 Å². The average molecular weight is 260 g/mol. The molecule has 0 fully saturated rings. The molecule has 13 heavy (non-hydrogen) atoms. The number of rotatable bonds is 4. The Bertz CT molecular complexity index is 65.3. The first-order valence-corrected chi connectivity index (χ1v) is 4.42. The molecule has 76 valence electrons. The Morgan fingerprint density at radius 2 is 1.00 bits per heavy atom. The van der Waals surface area contributed by atoms with Gasteiger partial charge in [0.05, 0.1) is 0 Å². The summed E-state index contributed by atoms with van der Waals surface area (Å²) in [5, 5.41) is 0. The summed E-state index contributed by atoms with van der Waals surface area (Å²) in [6, 6.07) is 0. The molecule has 0 bridgehead atoms. The number of hydrogen-bond acceptors (Lipinski definition) is 2. The summed E-state index contributed by atoms with van der Waals surface area (Å²) in [7, 11) is 8.19. The molecule has 0 spiro atoms. The van der Waals surface area contributed by atoms with Gasteiger partial charge in [0, 0.05) is 0 Å². The Morgan fingerprint density at radius 1 is 0.769 bits per heavy atom. The molecule has 0 aliphatic heterocycles. The maximum Gasteiger partial charge on any atom is 2.00 e. The van der Waals surface area contributed by atoms with Crippen LogP contribution in [-0.2, 0) is 0 Å². The predicted molar refractivity (Wildman–Crippen MR) is 62.8 cm³/mol. The molecule has 0 atom stereocenters. The molecule has 0 amide bonds. The van der Waals surface area contributed by atoms with Gasteiger partial charge in [0.2, 0.25) is 0 Å². The minimum Gasteiger partial charge on any atom is -0.342 e. The first-order valence-electron chi connectivity index (χ1n) is 4.42. The van der Waals surface area contributed by atoms with Gasteiger partial charge in [-0.05, 0) is 41.3 Å². The zero-order chi connectivity index (χ0) is 9.98. The van der Waals surface area contributed by atoms with E-state index >= 15 is 0 Å². The predicted octanol–water partition coefficient (Wildman–Crippen LogP) is 1.16. The molecule has 0 radical (unpaired) electrons. The monoisotopic (exact) mass is 260 g/mol. The zero-order valence-corrected chi connectivity index (χ0v) is 13.3. The van der Waals surface area contributed by atoms with E-state index in [1.165, 1.54) is 0 Å². The number of hydrogen-bond donors (Lipinski definition) is 0. The van der Waals surface area contributed by atoms with Crippen molar-refractivity contribution in [1.29, 1.82) is 0 Å². The van der Waals surface area contributed by atoms with E-state index in [-0.39, 0.29) is 45.5 Å². The van der Waals surface area contributed by atoms with E-state index in [2.05, 4.69) is 23.6 Å². The third kappa shape index (κ3) is 31.8. The first-order chi connectivity index (χ1) is 5.54. The van der Waals surface area contributed by atoms with Crippen LogP contribution >= 0.6 is 0 Å². The Balaban J connectivity index is -0.000000143. The summed E-state index contributed by atoms with van der Waals surface area (Å²) in [6.45, 7) is 9.56. The first kappa shape index (κ1) is 19.9. The van der Waals surface area contributed by atoms with Gasteiger partial charge in [-0.2, -0.15) is 12.8 Å². The Morgan fingerprint density at radius 3 is 1.00 bits per heavy atom.